The number of carbonyl (C=O) groups is 3. The summed E-state index contributed by atoms with van der Waals surface area (Å²) in [4.78, 5) is 37.9. The maximum absolute atomic E-state index is 12.8. The molecule has 1 aromatic carbocycles. The van der Waals surface area contributed by atoms with E-state index in [4.69, 9.17) is 4.74 Å². The molecule has 0 aliphatic carbocycles. The van der Waals surface area contributed by atoms with Crippen LogP contribution in [-0.4, -0.2) is 45.6 Å². The predicted molar refractivity (Wildman–Crippen MR) is 84.5 cm³/mol. The minimum Gasteiger partial charge on any atom is -0.487 e. The first kappa shape index (κ1) is 16.4. The van der Waals surface area contributed by atoms with Crippen molar-refractivity contribution in [3.8, 4) is 5.75 Å². The number of benzene rings is 1. The van der Waals surface area contributed by atoms with Gasteiger partial charge in [-0.25, -0.2) is 0 Å². The molecule has 7 heteroatoms. The van der Waals surface area contributed by atoms with Crippen molar-refractivity contribution >= 4 is 17.7 Å². The highest BCUT2D eigenvalue weighted by atomic mass is 16.5. The number of carbonyl (C=O) groups excluding carboxylic acids is 3. The lowest BCUT2D eigenvalue weighted by molar-refractivity contribution is -0.129. The number of amides is 3. The van der Waals surface area contributed by atoms with E-state index in [1.165, 1.54) is 0 Å². The maximum Gasteiger partial charge on any atom is 0.265 e. The van der Waals surface area contributed by atoms with Crippen molar-refractivity contribution < 1.29 is 24.2 Å². The number of nitrogens with one attached hydrogen (secondary N) is 1. The van der Waals surface area contributed by atoms with E-state index < -0.39 is 29.7 Å². The molecule has 2 N–H and O–H groups in total. The monoisotopic (exact) mass is 332 g/mol. The molecule has 1 fully saturated rings. The second kappa shape index (κ2) is 5.59. The Bertz CT molecular complexity index is 722. The summed E-state index contributed by atoms with van der Waals surface area (Å²) in [5.41, 5.74) is -0.0585. The van der Waals surface area contributed by atoms with Gasteiger partial charge in [-0.3, -0.25) is 19.3 Å². The largest absolute Gasteiger partial charge is 0.487 e. The van der Waals surface area contributed by atoms with Crippen LogP contribution in [0.1, 0.15) is 54.3 Å². The summed E-state index contributed by atoms with van der Waals surface area (Å²) in [5, 5.41) is 12.4. The zero-order valence-electron chi connectivity index (χ0n) is 13.8. The van der Waals surface area contributed by atoms with Gasteiger partial charge in [0.25, 0.3) is 11.8 Å². The normalized spacial score (nSPS) is 24.0. The summed E-state index contributed by atoms with van der Waals surface area (Å²) in [5.74, 6) is -0.938. The zero-order chi connectivity index (χ0) is 17.6. The van der Waals surface area contributed by atoms with Crippen LogP contribution in [0.2, 0.25) is 0 Å². The smallest absolute Gasteiger partial charge is 0.265 e. The van der Waals surface area contributed by atoms with E-state index in [1.54, 1.807) is 18.2 Å². The predicted octanol–water partition coefficient (Wildman–Crippen LogP) is 1.06. The molecule has 128 valence electrons. The average molecular weight is 332 g/mol. The minimum atomic E-state index is -1.26. The van der Waals surface area contributed by atoms with Gasteiger partial charge in [-0.1, -0.05) is 6.07 Å². The second-order valence-electron chi connectivity index (χ2n) is 6.99. The van der Waals surface area contributed by atoms with Crippen LogP contribution in [0.3, 0.4) is 0 Å². The lowest BCUT2D eigenvalue weighted by Crippen LogP contribution is -2.57. The van der Waals surface area contributed by atoms with Gasteiger partial charge in [-0.2, -0.15) is 0 Å². The van der Waals surface area contributed by atoms with E-state index in [0.29, 0.717) is 5.75 Å². The minimum absolute atomic E-state index is 0.153. The molecule has 7 nitrogen and oxygen atoms in total. The number of aliphatic hydroxyl groups is 1. The van der Waals surface area contributed by atoms with Crippen molar-refractivity contribution in [3.05, 3.63) is 29.3 Å². The fourth-order valence-electron chi connectivity index (χ4n) is 3.03. The zero-order valence-corrected chi connectivity index (χ0v) is 13.8. The van der Waals surface area contributed by atoms with Gasteiger partial charge in [-0.05, 0) is 39.3 Å². The Hall–Kier alpha value is -2.41. The van der Waals surface area contributed by atoms with E-state index in [-0.39, 0.29) is 29.9 Å². The molecule has 24 heavy (non-hydrogen) atoms. The number of imide groups is 1. The second-order valence-corrected chi connectivity index (χ2v) is 6.99. The number of piperidine rings is 1. The van der Waals surface area contributed by atoms with Crippen LogP contribution >= 0.6 is 0 Å². The molecule has 0 spiro atoms. The summed E-state index contributed by atoms with van der Waals surface area (Å²) in [6.45, 7) is 5.56. The van der Waals surface area contributed by atoms with Crippen LogP contribution in [0.15, 0.2) is 18.2 Å². The standard InChI is InChI=1S/C17H20N2O5/c1-17(2,3)24-11-6-4-5-9-13(11)16(23)19(15(9)22)10-7-8-12(20)18-14(10)21/h4-6,10,14,21H,7-8H2,1-3H3,(H,18,20). The molecular formula is C17H20N2O5. The third-order valence-electron chi connectivity index (χ3n) is 4.00. The van der Waals surface area contributed by atoms with Gasteiger partial charge in [0, 0.05) is 6.42 Å². The molecule has 0 aromatic heterocycles. The molecule has 2 aliphatic rings. The van der Waals surface area contributed by atoms with Crippen molar-refractivity contribution in [1.29, 1.82) is 0 Å². The van der Waals surface area contributed by atoms with E-state index in [0.717, 1.165) is 4.90 Å². The van der Waals surface area contributed by atoms with Crippen LogP contribution in [0.5, 0.6) is 5.75 Å². The van der Waals surface area contributed by atoms with Gasteiger partial charge in [0.05, 0.1) is 17.2 Å². The molecule has 2 atom stereocenters. The molecule has 1 saturated heterocycles. The first-order valence-electron chi connectivity index (χ1n) is 7.86. The van der Waals surface area contributed by atoms with Gasteiger partial charge in [-0.15, -0.1) is 0 Å². The SMILES string of the molecule is CC(C)(C)Oc1cccc2c1C(=O)N(C1CCC(=O)NC1O)C2=O. The van der Waals surface area contributed by atoms with Crippen LogP contribution in [0.25, 0.3) is 0 Å². The van der Waals surface area contributed by atoms with Crippen LogP contribution in [0, 0.1) is 0 Å². The topological polar surface area (TPSA) is 95.9 Å². The summed E-state index contributed by atoms with van der Waals surface area (Å²) >= 11 is 0. The number of nitrogens with zero attached hydrogens (tertiary/aromatic N) is 1. The summed E-state index contributed by atoms with van der Waals surface area (Å²) in [7, 11) is 0. The summed E-state index contributed by atoms with van der Waals surface area (Å²) in [6, 6.07) is 4.10. The highest BCUT2D eigenvalue weighted by Gasteiger charge is 2.46. The lowest BCUT2D eigenvalue weighted by Gasteiger charge is -2.33. The van der Waals surface area contributed by atoms with Crippen LogP contribution in [-0.2, 0) is 4.79 Å². The molecule has 0 saturated carbocycles. The highest BCUT2D eigenvalue weighted by molar-refractivity contribution is 6.23. The number of hydrogen-bond donors (Lipinski definition) is 2. The molecule has 0 radical (unpaired) electrons. The van der Waals surface area contributed by atoms with E-state index in [1.807, 2.05) is 20.8 Å². The van der Waals surface area contributed by atoms with Gasteiger partial charge < -0.3 is 15.2 Å². The van der Waals surface area contributed by atoms with Gasteiger partial charge in [0.1, 0.15) is 17.6 Å². The Balaban J connectivity index is 1.97. The van der Waals surface area contributed by atoms with E-state index >= 15 is 0 Å². The third-order valence-corrected chi connectivity index (χ3v) is 4.00. The third kappa shape index (κ3) is 2.75. The molecule has 3 amide bonds. The number of hydrogen-bond acceptors (Lipinski definition) is 5. The molecule has 0 bridgehead atoms. The first-order valence-corrected chi connectivity index (χ1v) is 7.86. The molecule has 3 rings (SSSR count). The van der Waals surface area contributed by atoms with Gasteiger partial charge in [0.15, 0.2) is 0 Å². The Kier molecular flexibility index (Phi) is 3.83. The summed E-state index contributed by atoms with van der Waals surface area (Å²) in [6.07, 6.45) is -0.880. The van der Waals surface area contributed by atoms with E-state index in [2.05, 4.69) is 5.32 Å². The van der Waals surface area contributed by atoms with Gasteiger partial charge >= 0.3 is 0 Å². The Morgan fingerprint density at radius 3 is 2.54 bits per heavy atom. The quantitative estimate of drug-likeness (QED) is 0.790. The van der Waals surface area contributed by atoms with E-state index in [9.17, 15) is 19.5 Å². The number of rotatable bonds is 2. The number of aliphatic hydroxyl groups excluding tert-OH is 1. The van der Waals surface area contributed by atoms with Crippen molar-refractivity contribution in [2.24, 2.45) is 0 Å². The van der Waals surface area contributed by atoms with Gasteiger partial charge in [0.2, 0.25) is 5.91 Å². The Morgan fingerprint density at radius 1 is 1.21 bits per heavy atom. The van der Waals surface area contributed by atoms with Crippen molar-refractivity contribution in [2.45, 2.75) is 51.5 Å². The molecule has 2 aliphatic heterocycles. The first-order chi connectivity index (χ1) is 11.2. The van der Waals surface area contributed by atoms with Crippen molar-refractivity contribution in [3.63, 3.8) is 0 Å². The van der Waals surface area contributed by atoms with Crippen molar-refractivity contribution in [2.75, 3.05) is 0 Å². The fourth-order valence-corrected chi connectivity index (χ4v) is 3.03. The molecule has 1 aromatic rings. The maximum atomic E-state index is 12.8. The molecular weight excluding hydrogens is 312 g/mol. The average Bonchev–Trinajstić information content (AvgIpc) is 2.71. The van der Waals surface area contributed by atoms with Crippen molar-refractivity contribution in [1.82, 2.24) is 10.2 Å². The highest BCUT2D eigenvalue weighted by Crippen LogP contribution is 2.35. The Morgan fingerprint density at radius 2 is 1.92 bits per heavy atom. The van der Waals surface area contributed by atoms with Crippen LogP contribution < -0.4 is 10.1 Å². The lowest BCUT2D eigenvalue weighted by atomic mass is 10.0. The molecule has 2 heterocycles. The summed E-state index contributed by atoms with van der Waals surface area (Å²) < 4.78 is 5.81. The molecule has 2 unspecified atom stereocenters. The number of fused-ring (bicyclic) bond motifs is 1. The fraction of sp³-hybridized carbons (Fsp3) is 0.471. The van der Waals surface area contributed by atoms with Crippen LogP contribution in [0.4, 0.5) is 0 Å². The number of ether oxygens (including phenoxy) is 1. The Labute approximate surface area is 139 Å².